The number of pyridine rings is 1. The Morgan fingerprint density at radius 2 is 2.33 bits per heavy atom. The molecule has 0 radical (unpaired) electrons. The Bertz CT molecular complexity index is 360. The molecular weight excluding hydrogens is 226 g/mol. The Morgan fingerprint density at radius 3 is 2.87 bits per heavy atom. The van der Waals surface area contributed by atoms with E-state index < -0.39 is 18.9 Å². The predicted molar refractivity (Wildman–Crippen MR) is 52.2 cm³/mol. The first kappa shape index (κ1) is 11.8. The van der Waals surface area contributed by atoms with Crippen LogP contribution in [-0.2, 0) is 0 Å². The standard InChI is InChI=1S/C9H9ClF2N2O/c1-14(5-8(11)12)9(15)6-2-3-13-4-7(6)10/h2-4,8H,5H2,1H3. The largest absolute Gasteiger partial charge is 0.336 e. The van der Waals surface area contributed by atoms with Crippen molar-refractivity contribution in [2.75, 3.05) is 13.6 Å². The van der Waals surface area contributed by atoms with Gasteiger partial charge in [0.2, 0.25) is 0 Å². The van der Waals surface area contributed by atoms with Gasteiger partial charge in [-0.2, -0.15) is 0 Å². The number of aromatic nitrogens is 1. The lowest BCUT2D eigenvalue weighted by Gasteiger charge is -2.16. The van der Waals surface area contributed by atoms with Gasteiger partial charge in [0, 0.05) is 19.4 Å². The fourth-order valence-electron chi connectivity index (χ4n) is 1.04. The number of nitrogens with zero attached hydrogens (tertiary/aromatic N) is 2. The van der Waals surface area contributed by atoms with Crippen LogP contribution in [0.4, 0.5) is 8.78 Å². The lowest BCUT2D eigenvalue weighted by molar-refractivity contribution is 0.0620. The molecule has 0 unspecified atom stereocenters. The van der Waals surface area contributed by atoms with Crippen molar-refractivity contribution in [2.24, 2.45) is 0 Å². The highest BCUT2D eigenvalue weighted by molar-refractivity contribution is 6.33. The molecule has 1 amide bonds. The van der Waals surface area contributed by atoms with Crippen LogP contribution in [0.3, 0.4) is 0 Å². The molecule has 0 saturated carbocycles. The van der Waals surface area contributed by atoms with E-state index in [9.17, 15) is 13.6 Å². The predicted octanol–water partition coefficient (Wildman–Crippen LogP) is 2.07. The van der Waals surface area contributed by atoms with Gasteiger partial charge < -0.3 is 4.90 Å². The van der Waals surface area contributed by atoms with Crippen molar-refractivity contribution in [3.8, 4) is 0 Å². The fourth-order valence-corrected chi connectivity index (χ4v) is 1.24. The second-order valence-electron chi connectivity index (χ2n) is 2.93. The van der Waals surface area contributed by atoms with Crippen LogP contribution in [0.25, 0.3) is 0 Å². The topological polar surface area (TPSA) is 33.2 Å². The van der Waals surface area contributed by atoms with E-state index in [1.54, 1.807) is 0 Å². The summed E-state index contributed by atoms with van der Waals surface area (Å²) in [6.45, 7) is -0.614. The molecule has 0 aliphatic rings. The van der Waals surface area contributed by atoms with Crippen molar-refractivity contribution in [1.82, 2.24) is 9.88 Å². The van der Waals surface area contributed by atoms with Gasteiger partial charge in [0.05, 0.1) is 17.1 Å². The summed E-state index contributed by atoms with van der Waals surface area (Å²) in [4.78, 5) is 16.2. The van der Waals surface area contributed by atoms with Gasteiger partial charge in [0.25, 0.3) is 12.3 Å². The number of carbonyl (C=O) groups excluding carboxylic acids is 1. The zero-order valence-corrected chi connectivity index (χ0v) is 8.71. The first-order valence-electron chi connectivity index (χ1n) is 4.15. The van der Waals surface area contributed by atoms with Crippen molar-refractivity contribution in [3.63, 3.8) is 0 Å². The summed E-state index contributed by atoms with van der Waals surface area (Å²) < 4.78 is 24.0. The molecule has 1 aromatic heterocycles. The molecule has 3 nitrogen and oxygen atoms in total. The van der Waals surface area contributed by atoms with Crippen LogP contribution in [-0.4, -0.2) is 35.8 Å². The molecule has 1 heterocycles. The first-order valence-corrected chi connectivity index (χ1v) is 4.53. The van der Waals surface area contributed by atoms with Crippen LogP contribution in [0.5, 0.6) is 0 Å². The Labute approximate surface area is 90.7 Å². The normalized spacial score (nSPS) is 10.5. The van der Waals surface area contributed by atoms with Crippen molar-refractivity contribution in [2.45, 2.75) is 6.43 Å². The van der Waals surface area contributed by atoms with E-state index in [2.05, 4.69) is 4.98 Å². The molecule has 0 aliphatic heterocycles. The van der Waals surface area contributed by atoms with Gasteiger partial charge in [0.1, 0.15) is 0 Å². The van der Waals surface area contributed by atoms with E-state index in [1.807, 2.05) is 0 Å². The second-order valence-corrected chi connectivity index (χ2v) is 3.34. The van der Waals surface area contributed by atoms with Crippen molar-refractivity contribution in [1.29, 1.82) is 0 Å². The van der Waals surface area contributed by atoms with Crippen LogP contribution >= 0.6 is 11.6 Å². The van der Waals surface area contributed by atoms with E-state index in [0.717, 1.165) is 4.90 Å². The minimum atomic E-state index is -2.56. The van der Waals surface area contributed by atoms with Crippen molar-refractivity contribution in [3.05, 3.63) is 29.0 Å². The minimum Gasteiger partial charge on any atom is -0.336 e. The Balaban J connectivity index is 2.81. The van der Waals surface area contributed by atoms with Crippen molar-refractivity contribution >= 4 is 17.5 Å². The molecule has 15 heavy (non-hydrogen) atoms. The number of hydrogen-bond acceptors (Lipinski definition) is 2. The molecule has 0 aromatic carbocycles. The molecule has 0 saturated heterocycles. The Hall–Kier alpha value is -1.23. The SMILES string of the molecule is CN(CC(F)F)C(=O)c1ccncc1Cl. The number of halogens is 3. The molecule has 6 heteroatoms. The van der Waals surface area contributed by atoms with Gasteiger partial charge in [-0.1, -0.05) is 11.6 Å². The van der Waals surface area contributed by atoms with Gasteiger partial charge >= 0.3 is 0 Å². The highest BCUT2D eigenvalue weighted by atomic mass is 35.5. The summed E-state index contributed by atoms with van der Waals surface area (Å²) in [5.41, 5.74) is 0.176. The lowest BCUT2D eigenvalue weighted by atomic mass is 10.2. The first-order chi connectivity index (χ1) is 7.02. The number of alkyl halides is 2. The van der Waals surface area contributed by atoms with E-state index in [-0.39, 0.29) is 10.6 Å². The summed E-state index contributed by atoms with van der Waals surface area (Å²) in [5, 5.41) is 0.156. The molecule has 0 atom stereocenters. The molecule has 1 rings (SSSR count). The van der Waals surface area contributed by atoms with E-state index >= 15 is 0 Å². The number of amides is 1. The van der Waals surface area contributed by atoms with Crippen LogP contribution in [0.1, 0.15) is 10.4 Å². The highest BCUT2D eigenvalue weighted by Crippen LogP contribution is 2.15. The molecule has 82 valence electrons. The van der Waals surface area contributed by atoms with Crippen LogP contribution in [0, 0.1) is 0 Å². The van der Waals surface area contributed by atoms with Crippen LogP contribution < -0.4 is 0 Å². The number of hydrogen-bond donors (Lipinski definition) is 0. The highest BCUT2D eigenvalue weighted by Gasteiger charge is 2.17. The van der Waals surface area contributed by atoms with Gasteiger partial charge in [-0.15, -0.1) is 0 Å². The van der Waals surface area contributed by atoms with E-state index in [0.29, 0.717) is 0 Å². The fraction of sp³-hybridized carbons (Fsp3) is 0.333. The maximum absolute atomic E-state index is 12.0. The summed E-state index contributed by atoms with van der Waals surface area (Å²) in [7, 11) is 1.30. The third kappa shape index (κ3) is 3.13. The molecular formula is C9H9ClF2N2O. The lowest BCUT2D eigenvalue weighted by Crippen LogP contribution is -2.31. The second kappa shape index (κ2) is 5.02. The van der Waals surface area contributed by atoms with Gasteiger partial charge in [-0.3, -0.25) is 9.78 Å². The molecule has 0 fully saturated rings. The summed E-state index contributed by atoms with van der Waals surface area (Å²) in [6, 6.07) is 1.40. The Morgan fingerprint density at radius 1 is 1.67 bits per heavy atom. The third-order valence-corrected chi connectivity index (χ3v) is 2.06. The van der Waals surface area contributed by atoms with Gasteiger partial charge in [0.15, 0.2) is 0 Å². The number of rotatable bonds is 3. The maximum Gasteiger partial charge on any atom is 0.255 e. The molecule has 0 bridgehead atoms. The Kier molecular flexibility index (Phi) is 3.96. The summed E-state index contributed by atoms with van der Waals surface area (Å²) in [6.07, 6.45) is 0.125. The smallest absolute Gasteiger partial charge is 0.255 e. The summed E-state index contributed by atoms with van der Waals surface area (Å²) >= 11 is 5.70. The molecule has 1 aromatic rings. The monoisotopic (exact) mass is 234 g/mol. The summed E-state index contributed by atoms with van der Waals surface area (Å²) in [5.74, 6) is -0.539. The van der Waals surface area contributed by atoms with Crippen molar-refractivity contribution < 1.29 is 13.6 Å². The van der Waals surface area contributed by atoms with Gasteiger partial charge in [-0.25, -0.2) is 8.78 Å². The van der Waals surface area contributed by atoms with Crippen LogP contribution in [0.2, 0.25) is 5.02 Å². The molecule has 0 spiro atoms. The van der Waals surface area contributed by atoms with Gasteiger partial charge in [-0.05, 0) is 6.07 Å². The van der Waals surface area contributed by atoms with E-state index in [4.69, 9.17) is 11.6 Å². The zero-order valence-electron chi connectivity index (χ0n) is 7.95. The molecule has 0 N–H and O–H groups in total. The molecule has 0 aliphatic carbocycles. The van der Waals surface area contributed by atoms with E-state index in [1.165, 1.54) is 25.5 Å². The third-order valence-electron chi connectivity index (χ3n) is 1.76. The zero-order chi connectivity index (χ0) is 11.4. The van der Waals surface area contributed by atoms with Crippen LogP contribution in [0.15, 0.2) is 18.5 Å². The average molecular weight is 235 g/mol. The average Bonchev–Trinajstić information content (AvgIpc) is 2.16. The number of carbonyl (C=O) groups is 1. The quantitative estimate of drug-likeness (QED) is 0.802. The minimum absolute atomic E-state index is 0.156. The maximum atomic E-state index is 12.0.